The Morgan fingerprint density at radius 3 is 2.47 bits per heavy atom. The molecule has 1 aromatic carbocycles. The van der Waals surface area contributed by atoms with E-state index in [1.807, 2.05) is 24.0 Å². The molecule has 4 heteroatoms. The summed E-state index contributed by atoms with van der Waals surface area (Å²) < 4.78 is 1.90. The van der Waals surface area contributed by atoms with Gasteiger partial charge in [0.1, 0.15) is 0 Å². The lowest BCUT2D eigenvalue weighted by molar-refractivity contribution is 0.400. The molecule has 19 heavy (non-hydrogen) atoms. The van der Waals surface area contributed by atoms with Crippen molar-refractivity contribution < 1.29 is 0 Å². The lowest BCUT2D eigenvalue weighted by atomic mass is 10.1. The van der Waals surface area contributed by atoms with Crippen LogP contribution in [0.25, 0.3) is 0 Å². The smallest absolute Gasteiger partial charge is 0.0518 e. The molecule has 0 bridgehead atoms. The zero-order valence-electron chi connectivity index (χ0n) is 11.9. The van der Waals surface area contributed by atoms with E-state index in [1.165, 1.54) is 16.8 Å². The van der Waals surface area contributed by atoms with Gasteiger partial charge in [0.25, 0.3) is 0 Å². The second-order valence-electron chi connectivity index (χ2n) is 5.06. The molecule has 0 spiro atoms. The van der Waals surface area contributed by atoms with Crippen LogP contribution < -0.4 is 5.32 Å². The normalized spacial score (nSPS) is 11.2. The van der Waals surface area contributed by atoms with Gasteiger partial charge in [0, 0.05) is 32.9 Å². The zero-order chi connectivity index (χ0) is 13.7. The molecule has 0 amide bonds. The molecule has 2 rings (SSSR count). The average Bonchev–Trinajstić information content (AvgIpc) is 2.77. The van der Waals surface area contributed by atoms with Gasteiger partial charge in [-0.25, -0.2) is 0 Å². The maximum Gasteiger partial charge on any atom is 0.0518 e. The first-order valence-electron chi connectivity index (χ1n) is 6.56. The lowest BCUT2D eigenvalue weighted by Gasteiger charge is -2.14. The van der Waals surface area contributed by atoms with Gasteiger partial charge < -0.3 is 10.2 Å². The lowest BCUT2D eigenvalue weighted by Crippen LogP contribution is -2.18. The second kappa shape index (κ2) is 6.50. The Morgan fingerprint density at radius 2 is 1.84 bits per heavy atom. The average molecular weight is 258 g/mol. The van der Waals surface area contributed by atoms with Crippen molar-refractivity contribution in [3.63, 3.8) is 0 Å². The molecular formula is C15H22N4. The standard InChI is InChI=1S/C15H22N4/c1-18(2)12-14-7-5-4-6-13(14)10-16-11-15-8-9-17-19(15)3/h4-9,16H,10-12H2,1-3H3. The fourth-order valence-corrected chi connectivity index (χ4v) is 2.12. The molecule has 1 heterocycles. The number of rotatable bonds is 6. The number of benzene rings is 1. The van der Waals surface area contributed by atoms with Crippen LogP contribution in [0.1, 0.15) is 16.8 Å². The molecule has 0 aliphatic carbocycles. The van der Waals surface area contributed by atoms with E-state index in [0.717, 1.165) is 19.6 Å². The fraction of sp³-hybridized carbons (Fsp3) is 0.400. The number of aryl methyl sites for hydroxylation is 1. The van der Waals surface area contributed by atoms with Gasteiger partial charge in [0.15, 0.2) is 0 Å². The van der Waals surface area contributed by atoms with Crippen molar-refractivity contribution in [1.29, 1.82) is 0 Å². The van der Waals surface area contributed by atoms with E-state index in [-0.39, 0.29) is 0 Å². The number of hydrogen-bond donors (Lipinski definition) is 1. The molecule has 0 aliphatic heterocycles. The summed E-state index contributed by atoms with van der Waals surface area (Å²) in [5.41, 5.74) is 3.94. The fourth-order valence-electron chi connectivity index (χ4n) is 2.12. The monoisotopic (exact) mass is 258 g/mol. The molecule has 0 atom stereocenters. The predicted molar refractivity (Wildman–Crippen MR) is 77.6 cm³/mol. The Bertz CT molecular complexity index is 516. The summed E-state index contributed by atoms with van der Waals surface area (Å²) >= 11 is 0. The second-order valence-corrected chi connectivity index (χ2v) is 5.06. The Hall–Kier alpha value is -1.65. The summed E-state index contributed by atoms with van der Waals surface area (Å²) in [6.45, 7) is 2.70. The Morgan fingerprint density at radius 1 is 1.11 bits per heavy atom. The van der Waals surface area contributed by atoms with Crippen molar-refractivity contribution in [1.82, 2.24) is 20.0 Å². The maximum atomic E-state index is 4.17. The van der Waals surface area contributed by atoms with E-state index in [9.17, 15) is 0 Å². The van der Waals surface area contributed by atoms with Crippen LogP contribution in [-0.4, -0.2) is 28.8 Å². The van der Waals surface area contributed by atoms with Crippen LogP contribution in [0.4, 0.5) is 0 Å². The molecule has 0 radical (unpaired) electrons. The summed E-state index contributed by atoms with van der Waals surface area (Å²) in [6.07, 6.45) is 1.83. The minimum atomic E-state index is 0.840. The van der Waals surface area contributed by atoms with Crippen molar-refractivity contribution in [3.8, 4) is 0 Å². The molecule has 0 saturated carbocycles. The number of aromatic nitrogens is 2. The third-order valence-corrected chi connectivity index (χ3v) is 3.15. The van der Waals surface area contributed by atoms with Gasteiger partial charge in [-0.1, -0.05) is 24.3 Å². The number of nitrogens with one attached hydrogen (secondary N) is 1. The Kier molecular flexibility index (Phi) is 4.71. The van der Waals surface area contributed by atoms with E-state index >= 15 is 0 Å². The van der Waals surface area contributed by atoms with E-state index in [1.54, 1.807) is 0 Å². The van der Waals surface area contributed by atoms with Crippen LogP contribution in [-0.2, 0) is 26.7 Å². The molecule has 0 unspecified atom stereocenters. The van der Waals surface area contributed by atoms with Crippen molar-refractivity contribution in [3.05, 3.63) is 53.3 Å². The summed E-state index contributed by atoms with van der Waals surface area (Å²) in [5.74, 6) is 0. The Balaban J connectivity index is 1.94. The minimum Gasteiger partial charge on any atom is -0.307 e. The van der Waals surface area contributed by atoms with Crippen LogP contribution in [0.15, 0.2) is 36.5 Å². The van der Waals surface area contributed by atoms with Gasteiger partial charge in [0.05, 0.1) is 5.69 Å². The molecule has 0 fully saturated rings. The highest BCUT2D eigenvalue weighted by atomic mass is 15.3. The van der Waals surface area contributed by atoms with Crippen molar-refractivity contribution in [2.24, 2.45) is 7.05 Å². The van der Waals surface area contributed by atoms with Gasteiger partial charge in [-0.15, -0.1) is 0 Å². The quantitative estimate of drug-likeness (QED) is 0.857. The van der Waals surface area contributed by atoms with Gasteiger partial charge in [0.2, 0.25) is 0 Å². The largest absolute Gasteiger partial charge is 0.307 e. The van der Waals surface area contributed by atoms with Crippen molar-refractivity contribution in [2.45, 2.75) is 19.6 Å². The molecule has 1 aromatic heterocycles. The zero-order valence-corrected chi connectivity index (χ0v) is 11.9. The van der Waals surface area contributed by atoms with E-state index in [2.05, 4.69) is 53.7 Å². The van der Waals surface area contributed by atoms with E-state index < -0.39 is 0 Å². The van der Waals surface area contributed by atoms with Crippen LogP contribution >= 0.6 is 0 Å². The van der Waals surface area contributed by atoms with Crippen LogP contribution in [0.5, 0.6) is 0 Å². The van der Waals surface area contributed by atoms with Crippen LogP contribution in [0, 0.1) is 0 Å². The van der Waals surface area contributed by atoms with Crippen molar-refractivity contribution >= 4 is 0 Å². The first-order valence-corrected chi connectivity index (χ1v) is 6.56. The highest BCUT2D eigenvalue weighted by Crippen LogP contribution is 2.10. The molecule has 0 saturated heterocycles. The van der Waals surface area contributed by atoms with E-state index in [0.29, 0.717) is 0 Å². The van der Waals surface area contributed by atoms with E-state index in [4.69, 9.17) is 0 Å². The van der Waals surface area contributed by atoms with Crippen LogP contribution in [0.2, 0.25) is 0 Å². The minimum absolute atomic E-state index is 0.840. The third kappa shape index (κ3) is 3.91. The summed E-state index contributed by atoms with van der Waals surface area (Å²) in [7, 11) is 6.16. The SMILES string of the molecule is CN(C)Cc1ccccc1CNCc1ccnn1C. The van der Waals surface area contributed by atoms with Crippen LogP contribution in [0.3, 0.4) is 0 Å². The van der Waals surface area contributed by atoms with Gasteiger partial charge in [-0.2, -0.15) is 5.10 Å². The molecule has 2 aromatic rings. The van der Waals surface area contributed by atoms with Gasteiger partial charge in [-0.05, 0) is 31.3 Å². The summed E-state index contributed by atoms with van der Waals surface area (Å²) in [6, 6.07) is 10.6. The molecular weight excluding hydrogens is 236 g/mol. The summed E-state index contributed by atoms with van der Waals surface area (Å²) in [5, 5.41) is 7.65. The topological polar surface area (TPSA) is 33.1 Å². The third-order valence-electron chi connectivity index (χ3n) is 3.15. The molecule has 102 valence electrons. The van der Waals surface area contributed by atoms with Gasteiger partial charge >= 0.3 is 0 Å². The molecule has 4 nitrogen and oxygen atoms in total. The van der Waals surface area contributed by atoms with Gasteiger partial charge in [-0.3, -0.25) is 4.68 Å². The first kappa shape index (κ1) is 13.8. The molecule has 0 aliphatic rings. The molecule has 1 N–H and O–H groups in total. The van der Waals surface area contributed by atoms with Crippen molar-refractivity contribution in [2.75, 3.05) is 14.1 Å². The number of nitrogens with zero attached hydrogens (tertiary/aromatic N) is 3. The maximum absolute atomic E-state index is 4.17. The first-order chi connectivity index (χ1) is 9.16. The predicted octanol–water partition coefficient (Wildman–Crippen LogP) is 1.77. The highest BCUT2D eigenvalue weighted by Gasteiger charge is 2.03. The number of hydrogen-bond acceptors (Lipinski definition) is 3. The summed E-state index contributed by atoms with van der Waals surface area (Å²) in [4.78, 5) is 2.19. The Labute approximate surface area is 115 Å². The highest BCUT2D eigenvalue weighted by molar-refractivity contribution is 5.26.